The van der Waals surface area contributed by atoms with Crippen molar-refractivity contribution in [3.63, 3.8) is 0 Å². The van der Waals surface area contributed by atoms with Gasteiger partial charge in [0.1, 0.15) is 18.1 Å². The lowest BCUT2D eigenvalue weighted by Crippen LogP contribution is -2.00. The SMILES string of the molecule is Cc1onc(-c2c(Cl)cccc2Cl)c1COc1ccc(N)cn1. The van der Waals surface area contributed by atoms with Crippen molar-refractivity contribution in [2.75, 3.05) is 5.73 Å². The Labute approximate surface area is 143 Å². The Morgan fingerprint density at radius 2 is 1.91 bits per heavy atom. The Hall–Kier alpha value is -2.24. The molecule has 3 aromatic rings. The highest BCUT2D eigenvalue weighted by atomic mass is 35.5. The molecule has 118 valence electrons. The van der Waals surface area contributed by atoms with Crippen LogP contribution >= 0.6 is 23.2 Å². The van der Waals surface area contributed by atoms with Gasteiger partial charge in [0.05, 0.1) is 27.5 Å². The normalized spacial score (nSPS) is 10.7. The van der Waals surface area contributed by atoms with E-state index in [-0.39, 0.29) is 6.61 Å². The van der Waals surface area contributed by atoms with Crippen LogP contribution in [-0.4, -0.2) is 10.1 Å². The fraction of sp³-hybridized carbons (Fsp3) is 0.125. The number of hydrogen-bond donors (Lipinski definition) is 1. The zero-order valence-corrected chi connectivity index (χ0v) is 13.7. The molecule has 5 nitrogen and oxygen atoms in total. The summed E-state index contributed by atoms with van der Waals surface area (Å²) in [4.78, 5) is 4.09. The third-order valence-electron chi connectivity index (χ3n) is 3.31. The van der Waals surface area contributed by atoms with Crippen molar-refractivity contribution < 1.29 is 9.26 Å². The van der Waals surface area contributed by atoms with Crippen molar-refractivity contribution in [1.82, 2.24) is 10.1 Å². The fourth-order valence-corrected chi connectivity index (χ4v) is 2.68. The number of halogens is 2. The molecule has 0 unspecified atom stereocenters. The van der Waals surface area contributed by atoms with Crippen molar-refractivity contribution in [3.05, 3.63) is 57.9 Å². The third-order valence-corrected chi connectivity index (χ3v) is 3.94. The number of rotatable bonds is 4. The van der Waals surface area contributed by atoms with Crippen molar-refractivity contribution in [3.8, 4) is 17.1 Å². The second-order valence-electron chi connectivity index (χ2n) is 4.88. The van der Waals surface area contributed by atoms with Gasteiger partial charge in [0.25, 0.3) is 0 Å². The lowest BCUT2D eigenvalue weighted by molar-refractivity contribution is 0.290. The second kappa shape index (κ2) is 6.48. The van der Waals surface area contributed by atoms with Gasteiger partial charge in [0.15, 0.2) is 0 Å². The quantitative estimate of drug-likeness (QED) is 0.749. The molecule has 23 heavy (non-hydrogen) atoms. The molecule has 0 saturated carbocycles. The Morgan fingerprint density at radius 1 is 1.17 bits per heavy atom. The number of hydrogen-bond acceptors (Lipinski definition) is 5. The molecule has 2 heterocycles. The molecule has 0 fully saturated rings. The van der Waals surface area contributed by atoms with Gasteiger partial charge in [0.2, 0.25) is 5.88 Å². The first kappa shape index (κ1) is 15.6. The van der Waals surface area contributed by atoms with Crippen molar-refractivity contribution in [2.24, 2.45) is 0 Å². The minimum Gasteiger partial charge on any atom is -0.473 e. The van der Waals surface area contributed by atoms with E-state index in [4.69, 9.17) is 38.2 Å². The number of ether oxygens (including phenoxy) is 1. The first-order chi connectivity index (χ1) is 11.1. The van der Waals surface area contributed by atoms with E-state index < -0.39 is 0 Å². The van der Waals surface area contributed by atoms with Gasteiger partial charge in [-0.15, -0.1) is 0 Å². The average Bonchev–Trinajstić information content (AvgIpc) is 2.88. The van der Waals surface area contributed by atoms with Gasteiger partial charge in [-0.3, -0.25) is 0 Å². The maximum atomic E-state index is 6.25. The molecule has 3 rings (SSSR count). The van der Waals surface area contributed by atoms with Gasteiger partial charge in [-0.1, -0.05) is 34.4 Å². The second-order valence-corrected chi connectivity index (χ2v) is 5.70. The van der Waals surface area contributed by atoms with Crippen LogP contribution in [0.2, 0.25) is 10.0 Å². The monoisotopic (exact) mass is 349 g/mol. The van der Waals surface area contributed by atoms with E-state index >= 15 is 0 Å². The zero-order chi connectivity index (χ0) is 16.4. The molecule has 0 aliphatic heterocycles. The number of pyridine rings is 1. The molecule has 0 spiro atoms. The van der Waals surface area contributed by atoms with Crippen LogP contribution < -0.4 is 10.5 Å². The van der Waals surface area contributed by atoms with Gasteiger partial charge in [-0.25, -0.2) is 4.98 Å². The summed E-state index contributed by atoms with van der Waals surface area (Å²) in [5.41, 5.74) is 8.12. The number of anilines is 1. The Kier molecular flexibility index (Phi) is 4.41. The minimum atomic E-state index is 0.225. The van der Waals surface area contributed by atoms with Gasteiger partial charge < -0.3 is 15.0 Å². The van der Waals surface area contributed by atoms with Gasteiger partial charge in [0, 0.05) is 11.6 Å². The van der Waals surface area contributed by atoms with E-state index in [1.54, 1.807) is 37.3 Å². The van der Waals surface area contributed by atoms with Crippen molar-refractivity contribution in [2.45, 2.75) is 13.5 Å². The topological polar surface area (TPSA) is 74.2 Å². The Morgan fingerprint density at radius 3 is 2.57 bits per heavy atom. The van der Waals surface area contributed by atoms with Crippen LogP contribution in [-0.2, 0) is 6.61 Å². The first-order valence-electron chi connectivity index (χ1n) is 6.80. The third kappa shape index (κ3) is 3.25. The van der Waals surface area contributed by atoms with Crippen molar-refractivity contribution >= 4 is 28.9 Å². The fourth-order valence-electron chi connectivity index (χ4n) is 2.10. The van der Waals surface area contributed by atoms with E-state index in [0.29, 0.717) is 38.6 Å². The molecule has 0 bridgehead atoms. The lowest BCUT2D eigenvalue weighted by Gasteiger charge is -2.08. The summed E-state index contributed by atoms with van der Waals surface area (Å²) < 4.78 is 11.0. The summed E-state index contributed by atoms with van der Waals surface area (Å²) in [5, 5.41) is 5.07. The van der Waals surface area contributed by atoms with Crippen LogP contribution in [0.3, 0.4) is 0 Å². The maximum Gasteiger partial charge on any atom is 0.213 e. The molecule has 2 N–H and O–H groups in total. The van der Waals surface area contributed by atoms with Gasteiger partial charge in [-0.05, 0) is 25.1 Å². The van der Waals surface area contributed by atoms with Gasteiger partial charge in [-0.2, -0.15) is 0 Å². The maximum absolute atomic E-state index is 6.25. The molecule has 0 atom stereocenters. The highest BCUT2D eigenvalue weighted by Crippen LogP contribution is 2.37. The number of aryl methyl sites for hydroxylation is 1. The number of nitrogens with zero attached hydrogens (tertiary/aromatic N) is 2. The summed E-state index contributed by atoms with van der Waals surface area (Å²) in [5.74, 6) is 1.09. The van der Waals surface area contributed by atoms with Gasteiger partial charge >= 0.3 is 0 Å². The predicted molar refractivity (Wildman–Crippen MR) is 89.7 cm³/mol. The van der Waals surface area contributed by atoms with E-state index in [9.17, 15) is 0 Å². The molecular formula is C16H13Cl2N3O2. The number of benzene rings is 1. The molecule has 2 aromatic heterocycles. The summed E-state index contributed by atoms with van der Waals surface area (Å²) in [6, 6.07) is 8.68. The van der Waals surface area contributed by atoms with Crippen LogP contribution in [0, 0.1) is 6.92 Å². The van der Waals surface area contributed by atoms with E-state index in [0.717, 1.165) is 5.56 Å². The molecule has 0 radical (unpaired) electrons. The van der Waals surface area contributed by atoms with E-state index in [1.807, 2.05) is 0 Å². The molecule has 7 heteroatoms. The van der Waals surface area contributed by atoms with Crippen LogP contribution in [0.5, 0.6) is 5.88 Å². The Balaban J connectivity index is 1.91. The molecule has 0 saturated heterocycles. The van der Waals surface area contributed by atoms with E-state index in [2.05, 4.69) is 10.1 Å². The summed E-state index contributed by atoms with van der Waals surface area (Å²) in [6.07, 6.45) is 1.53. The predicted octanol–water partition coefficient (Wildman–Crippen LogP) is 4.51. The smallest absolute Gasteiger partial charge is 0.213 e. The average molecular weight is 350 g/mol. The van der Waals surface area contributed by atoms with E-state index in [1.165, 1.54) is 6.20 Å². The minimum absolute atomic E-state index is 0.225. The molecule has 1 aromatic carbocycles. The number of nitrogen functional groups attached to an aromatic ring is 1. The Bertz CT molecular complexity index is 812. The number of aromatic nitrogens is 2. The van der Waals surface area contributed by atoms with Crippen LogP contribution in [0.1, 0.15) is 11.3 Å². The molecule has 0 aliphatic rings. The van der Waals surface area contributed by atoms with Crippen LogP contribution in [0.4, 0.5) is 5.69 Å². The van der Waals surface area contributed by atoms with Crippen molar-refractivity contribution in [1.29, 1.82) is 0 Å². The van der Waals surface area contributed by atoms with Crippen LogP contribution in [0.25, 0.3) is 11.3 Å². The number of nitrogens with two attached hydrogens (primary N) is 1. The molecule has 0 amide bonds. The lowest BCUT2D eigenvalue weighted by atomic mass is 10.1. The highest BCUT2D eigenvalue weighted by molar-refractivity contribution is 6.39. The largest absolute Gasteiger partial charge is 0.473 e. The zero-order valence-electron chi connectivity index (χ0n) is 12.2. The summed E-state index contributed by atoms with van der Waals surface area (Å²) in [6.45, 7) is 2.03. The standard InChI is InChI=1S/C16H13Cl2N3O2/c1-9-11(8-22-14-6-5-10(19)7-20-14)16(21-23-9)15-12(17)3-2-4-13(15)18/h2-7H,8,19H2,1H3. The molecular weight excluding hydrogens is 337 g/mol. The highest BCUT2D eigenvalue weighted by Gasteiger charge is 2.20. The molecule has 0 aliphatic carbocycles. The summed E-state index contributed by atoms with van der Waals surface area (Å²) >= 11 is 12.5. The first-order valence-corrected chi connectivity index (χ1v) is 7.55. The summed E-state index contributed by atoms with van der Waals surface area (Å²) in [7, 11) is 0. The van der Waals surface area contributed by atoms with Crippen LogP contribution in [0.15, 0.2) is 41.1 Å².